The summed E-state index contributed by atoms with van der Waals surface area (Å²) in [5, 5.41) is 1.85. The highest BCUT2D eigenvalue weighted by Gasteiger charge is 2.22. The number of fused-ring (bicyclic) bond motifs is 3. The minimum Gasteiger partial charge on any atom is -0.497 e. The third kappa shape index (κ3) is 3.91. The molecule has 0 N–H and O–H groups in total. The van der Waals surface area contributed by atoms with Gasteiger partial charge in [0.2, 0.25) is 0 Å². The molecule has 0 atom stereocenters. The van der Waals surface area contributed by atoms with Crippen LogP contribution in [0.2, 0.25) is 0 Å². The van der Waals surface area contributed by atoms with Crippen molar-refractivity contribution in [2.24, 2.45) is 0 Å². The summed E-state index contributed by atoms with van der Waals surface area (Å²) in [5.41, 5.74) is 5.53. The summed E-state index contributed by atoms with van der Waals surface area (Å²) in [6.07, 6.45) is 3.27. The van der Waals surface area contributed by atoms with Gasteiger partial charge in [-0.2, -0.15) is 0 Å². The second-order valence-corrected chi connectivity index (χ2v) is 11.0. The zero-order chi connectivity index (χ0) is 26.5. The van der Waals surface area contributed by atoms with E-state index in [1.165, 1.54) is 32.6 Å². The molecule has 0 bridgehead atoms. The predicted molar refractivity (Wildman–Crippen MR) is 159 cm³/mol. The van der Waals surface area contributed by atoms with Gasteiger partial charge in [0, 0.05) is 10.3 Å². The summed E-state index contributed by atoms with van der Waals surface area (Å²) in [6, 6.07) is 29.8. The fraction of sp³-hybridized carbons (Fsp3) is 0.152. The molecule has 2 aromatic heterocycles. The monoisotopic (exact) mass is 530 g/mol. The number of hydrogen-bond acceptors (Lipinski definition) is 4. The van der Waals surface area contributed by atoms with Crippen LogP contribution in [0.15, 0.2) is 101 Å². The summed E-state index contributed by atoms with van der Waals surface area (Å²) >= 11 is 1.48. The van der Waals surface area contributed by atoms with Gasteiger partial charge in [-0.3, -0.25) is 9.36 Å². The van der Waals surface area contributed by atoms with Gasteiger partial charge in [0.15, 0.2) is 0 Å². The van der Waals surface area contributed by atoms with Gasteiger partial charge in [0.1, 0.15) is 10.4 Å². The second-order valence-electron chi connectivity index (χ2n) is 9.98. The number of aromatic nitrogens is 2. The molecular weight excluding hydrogens is 504 g/mol. The van der Waals surface area contributed by atoms with Crippen LogP contribution in [-0.4, -0.2) is 16.2 Å². The molecule has 192 valence electrons. The highest BCUT2D eigenvalue weighted by Crippen LogP contribution is 2.38. The first-order chi connectivity index (χ1) is 19.1. The third-order valence-electron chi connectivity index (χ3n) is 7.74. The highest BCUT2D eigenvalue weighted by molar-refractivity contribution is 7.22. The van der Waals surface area contributed by atoms with E-state index in [0.29, 0.717) is 22.4 Å². The molecule has 7 rings (SSSR count). The number of aryl methyl sites for hydroxylation is 1. The van der Waals surface area contributed by atoms with Gasteiger partial charge >= 0.3 is 5.69 Å². The molecule has 0 saturated carbocycles. The summed E-state index contributed by atoms with van der Waals surface area (Å²) in [5.74, 6) is 0.757. The van der Waals surface area contributed by atoms with E-state index in [1.807, 2.05) is 72.8 Å². The lowest BCUT2D eigenvalue weighted by atomic mass is 10.0. The van der Waals surface area contributed by atoms with Crippen molar-refractivity contribution in [2.75, 3.05) is 7.11 Å². The zero-order valence-electron chi connectivity index (χ0n) is 21.5. The van der Waals surface area contributed by atoms with Crippen LogP contribution in [-0.2, 0) is 19.4 Å². The number of hydrogen-bond donors (Lipinski definition) is 0. The number of thiophene rings is 1. The van der Waals surface area contributed by atoms with Crippen LogP contribution < -0.4 is 16.0 Å². The van der Waals surface area contributed by atoms with Crippen molar-refractivity contribution in [3.8, 4) is 21.9 Å². The smallest absolute Gasteiger partial charge is 0.336 e. The SMILES string of the molecule is COc1ccc(Cn2c(=O)n(-c3cccc4ccccc34)c(=O)c3sc(-c4cccc5c4CCC5)cc32)cc1. The normalized spacial score (nSPS) is 12.7. The summed E-state index contributed by atoms with van der Waals surface area (Å²) in [7, 11) is 1.64. The fourth-order valence-corrected chi connectivity index (χ4v) is 6.96. The lowest BCUT2D eigenvalue weighted by Crippen LogP contribution is -2.38. The van der Waals surface area contributed by atoms with Gasteiger partial charge in [-0.15, -0.1) is 11.3 Å². The van der Waals surface area contributed by atoms with Gasteiger partial charge in [-0.05, 0) is 71.2 Å². The summed E-state index contributed by atoms with van der Waals surface area (Å²) in [4.78, 5) is 29.3. The van der Waals surface area contributed by atoms with Crippen LogP contribution in [0.3, 0.4) is 0 Å². The molecule has 0 saturated heterocycles. The average Bonchev–Trinajstić information content (AvgIpc) is 3.64. The molecule has 0 radical (unpaired) electrons. The van der Waals surface area contributed by atoms with E-state index in [9.17, 15) is 9.59 Å². The number of ether oxygens (including phenoxy) is 1. The lowest BCUT2D eigenvalue weighted by Gasteiger charge is -2.14. The number of rotatable bonds is 5. The van der Waals surface area contributed by atoms with E-state index in [2.05, 4.69) is 18.2 Å². The van der Waals surface area contributed by atoms with Crippen molar-refractivity contribution in [1.29, 1.82) is 0 Å². The molecule has 0 fully saturated rings. The molecule has 0 spiro atoms. The van der Waals surface area contributed by atoms with Crippen LogP contribution in [0.1, 0.15) is 23.1 Å². The van der Waals surface area contributed by atoms with E-state index < -0.39 is 0 Å². The molecule has 0 amide bonds. The van der Waals surface area contributed by atoms with Gasteiger partial charge < -0.3 is 4.74 Å². The Morgan fingerprint density at radius 2 is 1.67 bits per heavy atom. The van der Waals surface area contributed by atoms with E-state index >= 15 is 0 Å². The Bertz CT molecular complexity index is 1990. The fourth-order valence-electron chi connectivity index (χ4n) is 5.81. The minimum atomic E-state index is -0.345. The van der Waals surface area contributed by atoms with Crippen LogP contribution >= 0.6 is 11.3 Å². The third-order valence-corrected chi connectivity index (χ3v) is 8.89. The number of benzene rings is 4. The molecule has 5 nitrogen and oxygen atoms in total. The number of nitrogens with zero attached hydrogens (tertiary/aromatic N) is 2. The Balaban J connectivity index is 1.51. The minimum absolute atomic E-state index is 0.277. The summed E-state index contributed by atoms with van der Waals surface area (Å²) < 4.78 is 9.00. The van der Waals surface area contributed by atoms with Crippen molar-refractivity contribution in [3.05, 3.63) is 129 Å². The van der Waals surface area contributed by atoms with Crippen LogP contribution in [0.4, 0.5) is 0 Å². The first-order valence-electron chi connectivity index (χ1n) is 13.1. The van der Waals surface area contributed by atoms with Crippen LogP contribution in [0, 0.1) is 0 Å². The van der Waals surface area contributed by atoms with Crippen molar-refractivity contribution in [3.63, 3.8) is 0 Å². The molecule has 6 aromatic rings. The molecule has 6 heteroatoms. The zero-order valence-corrected chi connectivity index (χ0v) is 22.3. The second kappa shape index (κ2) is 9.40. The van der Waals surface area contributed by atoms with E-state index in [4.69, 9.17) is 4.74 Å². The Morgan fingerprint density at radius 1 is 0.872 bits per heavy atom. The van der Waals surface area contributed by atoms with Crippen molar-refractivity contribution < 1.29 is 4.74 Å². The summed E-state index contributed by atoms with van der Waals surface area (Å²) in [6.45, 7) is 0.341. The van der Waals surface area contributed by atoms with E-state index in [0.717, 1.165) is 46.2 Å². The van der Waals surface area contributed by atoms with Crippen LogP contribution in [0.25, 0.3) is 37.1 Å². The molecule has 39 heavy (non-hydrogen) atoms. The maximum atomic E-state index is 14.2. The van der Waals surface area contributed by atoms with Gasteiger partial charge in [-0.25, -0.2) is 9.36 Å². The first kappa shape index (κ1) is 23.7. The Labute approximate surface area is 229 Å². The standard InChI is InChI=1S/C33H26N2O3S/c1-38-24-17-15-21(16-18-24)20-34-29-19-30(27-13-5-9-22-8-4-12-25(22)27)39-31(29)32(36)35(33(34)37)28-14-6-10-23-7-2-3-11-26(23)28/h2-3,5-7,9-11,13-19H,4,8,12,20H2,1H3. The van der Waals surface area contributed by atoms with Crippen molar-refractivity contribution in [1.82, 2.24) is 9.13 Å². The molecule has 2 heterocycles. The Morgan fingerprint density at radius 3 is 2.51 bits per heavy atom. The Hall–Kier alpha value is -4.42. The average molecular weight is 531 g/mol. The van der Waals surface area contributed by atoms with Crippen LogP contribution in [0.5, 0.6) is 5.75 Å². The van der Waals surface area contributed by atoms with E-state index in [-0.39, 0.29) is 11.2 Å². The van der Waals surface area contributed by atoms with Crippen molar-refractivity contribution in [2.45, 2.75) is 25.8 Å². The Kier molecular flexibility index (Phi) is 5.71. The van der Waals surface area contributed by atoms with Gasteiger partial charge in [-0.1, -0.05) is 66.7 Å². The van der Waals surface area contributed by atoms with Gasteiger partial charge in [0.25, 0.3) is 5.56 Å². The van der Waals surface area contributed by atoms with E-state index in [1.54, 1.807) is 11.7 Å². The number of methoxy groups -OCH3 is 1. The largest absolute Gasteiger partial charge is 0.497 e. The lowest BCUT2D eigenvalue weighted by molar-refractivity contribution is 0.414. The molecule has 1 aliphatic carbocycles. The molecule has 1 aliphatic rings. The molecular formula is C33H26N2O3S. The molecule has 4 aromatic carbocycles. The maximum Gasteiger partial charge on any atom is 0.336 e. The first-order valence-corrected chi connectivity index (χ1v) is 14.0. The quantitative estimate of drug-likeness (QED) is 0.253. The highest BCUT2D eigenvalue weighted by atomic mass is 32.1. The predicted octanol–water partition coefficient (Wildman–Crippen LogP) is 6.58. The topological polar surface area (TPSA) is 53.2 Å². The molecule has 0 unspecified atom stereocenters. The van der Waals surface area contributed by atoms with Gasteiger partial charge in [0.05, 0.1) is 24.9 Å². The molecule has 0 aliphatic heterocycles. The van der Waals surface area contributed by atoms with Crippen molar-refractivity contribution >= 4 is 32.3 Å². The maximum absolute atomic E-state index is 14.2.